The van der Waals surface area contributed by atoms with E-state index < -0.39 is 0 Å². The van der Waals surface area contributed by atoms with E-state index in [1.165, 1.54) is 5.56 Å². The molecule has 1 aliphatic rings. The highest BCUT2D eigenvalue weighted by Crippen LogP contribution is 2.24. The molecule has 5 nitrogen and oxygen atoms in total. The number of rotatable bonds is 6. The number of ether oxygens (including phenoxy) is 1. The van der Waals surface area contributed by atoms with Crippen LogP contribution in [0.4, 0.5) is 0 Å². The van der Waals surface area contributed by atoms with Crippen LogP contribution in [0, 0.1) is 5.92 Å². The molecule has 0 bridgehead atoms. The third-order valence-corrected chi connectivity index (χ3v) is 4.96. The van der Waals surface area contributed by atoms with Gasteiger partial charge in [0.25, 0.3) is 0 Å². The molecule has 0 spiro atoms. The minimum absolute atomic E-state index is 0.0156. The standard InChI is InChI=1S/C22H34N2O3/c1-17(2)21(26)24-14-12-23(13-15-24)20(25)7-6-16-27-19-10-8-18(9-11-19)22(3,4)5/h8-11,17H,6-7,12-16H2,1-5H3. The monoisotopic (exact) mass is 374 g/mol. The van der Waals surface area contributed by atoms with Gasteiger partial charge in [-0.3, -0.25) is 9.59 Å². The van der Waals surface area contributed by atoms with E-state index in [1.54, 1.807) is 0 Å². The van der Waals surface area contributed by atoms with Crippen molar-refractivity contribution in [2.45, 2.75) is 52.9 Å². The molecule has 0 aromatic heterocycles. The minimum atomic E-state index is 0.0156. The largest absolute Gasteiger partial charge is 0.494 e. The molecule has 1 aromatic carbocycles. The summed E-state index contributed by atoms with van der Waals surface area (Å²) < 4.78 is 5.76. The molecule has 0 atom stereocenters. The van der Waals surface area contributed by atoms with Crippen LogP contribution >= 0.6 is 0 Å². The first-order chi connectivity index (χ1) is 12.7. The second-order valence-electron chi connectivity index (χ2n) is 8.59. The molecule has 5 heteroatoms. The van der Waals surface area contributed by atoms with Gasteiger partial charge in [-0.15, -0.1) is 0 Å². The summed E-state index contributed by atoms with van der Waals surface area (Å²) in [7, 11) is 0. The second kappa shape index (κ2) is 9.25. The predicted octanol–water partition coefficient (Wildman–Crippen LogP) is 3.47. The van der Waals surface area contributed by atoms with Gasteiger partial charge in [0.15, 0.2) is 0 Å². The lowest BCUT2D eigenvalue weighted by molar-refractivity contribution is -0.141. The topological polar surface area (TPSA) is 49.9 Å². The Labute approximate surface area is 163 Å². The molecule has 2 amide bonds. The molecular formula is C22H34N2O3. The summed E-state index contributed by atoms with van der Waals surface area (Å²) in [6.07, 6.45) is 1.18. The fourth-order valence-electron chi connectivity index (χ4n) is 3.16. The molecule has 27 heavy (non-hydrogen) atoms. The van der Waals surface area contributed by atoms with Crippen LogP contribution in [0.25, 0.3) is 0 Å². The number of hydrogen-bond donors (Lipinski definition) is 0. The summed E-state index contributed by atoms with van der Waals surface area (Å²) in [6, 6.07) is 8.18. The molecule has 0 unspecified atom stereocenters. The van der Waals surface area contributed by atoms with Crippen LogP contribution < -0.4 is 4.74 Å². The van der Waals surface area contributed by atoms with Crippen molar-refractivity contribution >= 4 is 11.8 Å². The van der Waals surface area contributed by atoms with E-state index in [2.05, 4.69) is 32.9 Å². The third kappa shape index (κ3) is 6.26. The van der Waals surface area contributed by atoms with Gasteiger partial charge in [0.1, 0.15) is 5.75 Å². The Morgan fingerprint density at radius 2 is 1.56 bits per heavy atom. The van der Waals surface area contributed by atoms with Crippen LogP contribution in [-0.2, 0) is 15.0 Å². The van der Waals surface area contributed by atoms with Crippen LogP contribution in [0.3, 0.4) is 0 Å². The molecule has 0 saturated carbocycles. The maximum absolute atomic E-state index is 12.3. The molecule has 150 valence electrons. The smallest absolute Gasteiger partial charge is 0.225 e. The first kappa shape index (κ1) is 21.3. The van der Waals surface area contributed by atoms with E-state index in [1.807, 2.05) is 35.8 Å². The van der Waals surface area contributed by atoms with Crippen LogP contribution in [-0.4, -0.2) is 54.4 Å². The average Bonchev–Trinajstić information content (AvgIpc) is 2.64. The zero-order chi connectivity index (χ0) is 20.0. The summed E-state index contributed by atoms with van der Waals surface area (Å²) in [5.74, 6) is 1.18. The van der Waals surface area contributed by atoms with Crippen molar-refractivity contribution in [2.75, 3.05) is 32.8 Å². The number of benzene rings is 1. The lowest BCUT2D eigenvalue weighted by Gasteiger charge is -2.35. The summed E-state index contributed by atoms with van der Waals surface area (Å²) in [5, 5.41) is 0. The van der Waals surface area contributed by atoms with Crippen molar-refractivity contribution in [3.8, 4) is 5.75 Å². The van der Waals surface area contributed by atoms with Gasteiger partial charge in [0.05, 0.1) is 6.61 Å². The van der Waals surface area contributed by atoms with Gasteiger partial charge in [-0.25, -0.2) is 0 Å². The Kier molecular flexibility index (Phi) is 7.28. The lowest BCUT2D eigenvalue weighted by atomic mass is 9.87. The second-order valence-corrected chi connectivity index (χ2v) is 8.59. The number of nitrogens with zero attached hydrogens (tertiary/aromatic N) is 2. The minimum Gasteiger partial charge on any atom is -0.494 e. The lowest BCUT2D eigenvalue weighted by Crippen LogP contribution is -2.51. The predicted molar refractivity (Wildman–Crippen MR) is 108 cm³/mol. The first-order valence-electron chi connectivity index (χ1n) is 9.98. The van der Waals surface area contributed by atoms with Gasteiger partial charge in [-0.05, 0) is 29.5 Å². The molecule has 1 heterocycles. The highest BCUT2D eigenvalue weighted by atomic mass is 16.5. The van der Waals surface area contributed by atoms with Crippen molar-refractivity contribution in [1.29, 1.82) is 0 Å². The number of carbonyl (C=O) groups excluding carboxylic acids is 2. The van der Waals surface area contributed by atoms with Crippen molar-refractivity contribution in [3.63, 3.8) is 0 Å². The van der Waals surface area contributed by atoms with E-state index in [9.17, 15) is 9.59 Å². The molecular weight excluding hydrogens is 340 g/mol. The van der Waals surface area contributed by atoms with E-state index in [4.69, 9.17) is 4.74 Å². The first-order valence-corrected chi connectivity index (χ1v) is 9.98. The van der Waals surface area contributed by atoms with E-state index in [0.29, 0.717) is 45.6 Å². The molecule has 2 rings (SSSR count). The number of piperazine rings is 1. The van der Waals surface area contributed by atoms with E-state index >= 15 is 0 Å². The summed E-state index contributed by atoms with van der Waals surface area (Å²) in [5.41, 5.74) is 1.41. The van der Waals surface area contributed by atoms with Crippen LogP contribution in [0.1, 0.15) is 53.0 Å². The van der Waals surface area contributed by atoms with Crippen molar-refractivity contribution in [2.24, 2.45) is 5.92 Å². The Bertz CT molecular complexity index is 624. The Morgan fingerprint density at radius 1 is 1.00 bits per heavy atom. The number of carbonyl (C=O) groups is 2. The van der Waals surface area contributed by atoms with Gasteiger partial charge >= 0.3 is 0 Å². The number of hydrogen-bond acceptors (Lipinski definition) is 3. The Hall–Kier alpha value is -2.04. The van der Waals surface area contributed by atoms with Crippen molar-refractivity contribution in [1.82, 2.24) is 9.80 Å². The van der Waals surface area contributed by atoms with Crippen LogP contribution in [0.15, 0.2) is 24.3 Å². The van der Waals surface area contributed by atoms with Crippen LogP contribution in [0.2, 0.25) is 0 Å². The Balaban J connectivity index is 1.67. The zero-order valence-electron chi connectivity index (χ0n) is 17.5. The van der Waals surface area contributed by atoms with Gasteiger partial charge in [-0.1, -0.05) is 46.8 Å². The van der Waals surface area contributed by atoms with Crippen molar-refractivity contribution < 1.29 is 14.3 Å². The van der Waals surface area contributed by atoms with E-state index in [0.717, 1.165) is 5.75 Å². The maximum atomic E-state index is 12.3. The summed E-state index contributed by atoms with van der Waals surface area (Å²) in [6.45, 7) is 13.5. The zero-order valence-corrected chi connectivity index (χ0v) is 17.5. The normalized spacial score (nSPS) is 15.2. The fraction of sp³-hybridized carbons (Fsp3) is 0.636. The van der Waals surface area contributed by atoms with E-state index in [-0.39, 0.29) is 23.1 Å². The van der Waals surface area contributed by atoms with Crippen molar-refractivity contribution in [3.05, 3.63) is 29.8 Å². The summed E-state index contributed by atoms with van der Waals surface area (Å²) in [4.78, 5) is 28.1. The van der Waals surface area contributed by atoms with Gasteiger partial charge in [-0.2, -0.15) is 0 Å². The fourth-order valence-corrected chi connectivity index (χ4v) is 3.16. The van der Waals surface area contributed by atoms with Gasteiger partial charge in [0.2, 0.25) is 11.8 Å². The SMILES string of the molecule is CC(C)C(=O)N1CCN(C(=O)CCCOc2ccc(C(C)(C)C)cc2)CC1. The Morgan fingerprint density at radius 3 is 2.07 bits per heavy atom. The maximum Gasteiger partial charge on any atom is 0.225 e. The molecule has 0 N–H and O–H groups in total. The highest BCUT2D eigenvalue weighted by Gasteiger charge is 2.25. The molecule has 1 fully saturated rings. The highest BCUT2D eigenvalue weighted by molar-refractivity contribution is 5.79. The quantitative estimate of drug-likeness (QED) is 0.717. The van der Waals surface area contributed by atoms with Crippen LogP contribution in [0.5, 0.6) is 5.75 Å². The average molecular weight is 375 g/mol. The van der Waals surface area contributed by atoms with Gasteiger partial charge < -0.3 is 14.5 Å². The molecule has 1 aromatic rings. The molecule has 0 aliphatic carbocycles. The number of amides is 2. The molecule has 1 saturated heterocycles. The van der Waals surface area contributed by atoms with Gasteiger partial charge in [0, 0.05) is 38.5 Å². The molecule has 0 radical (unpaired) electrons. The molecule has 1 aliphatic heterocycles. The third-order valence-electron chi connectivity index (χ3n) is 4.96. The summed E-state index contributed by atoms with van der Waals surface area (Å²) >= 11 is 0.